The predicted molar refractivity (Wildman–Crippen MR) is 108 cm³/mol. The number of carbonyl (C=O) groups excluding carboxylic acids is 3. The molecule has 1 aromatic carbocycles. The lowest BCUT2D eigenvalue weighted by Gasteiger charge is -2.28. The van der Waals surface area contributed by atoms with E-state index in [2.05, 4.69) is 31.9 Å². The molecule has 6 atom stereocenters. The number of halogens is 2. The zero-order valence-corrected chi connectivity index (χ0v) is 18.3. The molecule has 1 heterocycles. The summed E-state index contributed by atoms with van der Waals surface area (Å²) < 4.78 is 5.22. The number of alkyl halides is 2. The van der Waals surface area contributed by atoms with Crippen molar-refractivity contribution in [2.75, 3.05) is 11.5 Å². The van der Waals surface area contributed by atoms with E-state index in [1.807, 2.05) is 13.8 Å². The van der Waals surface area contributed by atoms with E-state index in [1.54, 1.807) is 24.3 Å². The SMILES string of the molecule is CC(C)COC(=O)c1ccc(N2C(=O)[C@@H]3[C@H]4C[C@@H]([C@H](Br)[C@H]4Br)[C@H]3C2=O)cc1. The Bertz CT molecular complexity index is 762. The number of amides is 2. The molecule has 1 saturated heterocycles. The van der Waals surface area contributed by atoms with Crippen LogP contribution in [-0.4, -0.2) is 34.0 Å². The van der Waals surface area contributed by atoms with Gasteiger partial charge in [0.2, 0.25) is 11.8 Å². The fraction of sp³-hybridized carbons (Fsp3) is 0.550. The van der Waals surface area contributed by atoms with Crippen molar-refractivity contribution in [3.05, 3.63) is 29.8 Å². The first-order valence-corrected chi connectivity index (χ1v) is 11.1. The van der Waals surface area contributed by atoms with Gasteiger partial charge in [-0.2, -0.15) is 0 Å². The average Bonchev–Trinajstić information content (AvgIpc) is 3.25. The summed E-state index contributed by atoms with van der Waals surface area (Å²) in [6, 6.07) is 6.54. The van der Waals surface area contributed by atoms with Gasteiger partial charge in [-0.15, -0.1) is 0 Å². The summed E-state index contributed by atoms with van der Waals surface area (Å²) in [5, 5.41) is 0. The molecule has 4 rings (SSSR count). The molecule has 0 aromatic heterocycles. The van der Waals surface area contributed by atoms with E-state index >= 15 is 0 Å². The maximum absolute atomic E-state index is 13.0. The molecule has 2 amide bonds. The first kappa shape index (κ1) is 19.1. The second kappa shape index (κ2) is 6.99. The summed E-state index contributed by atoms with van der Waals surface area (Å²) in [7, 11) is 0. The van der Waals surface area contributed by atoms with Crippen molar-refractivity contribution >= 4 is 55.3 Å². The van der Waals surface area contributed by atoms with E-state index in [0.29, 0.717) is 17.9 Å². The summed E-state index contributed by atoms with van der Waals surface area (Å²) in [6.07, 6.45) is 0.910. The molecule has 2 aliphatic carbocycles. The molecule has 1 aliphatic heterocycles. The number of anilines is 1. The van der Waals surface area contributed by atoms with Crippen LogP contribution in [0.1, 0.15) is 30.6 Å². The van der Waals surface area contributed by atoms with Crippen molar-refractivity contribution < 1.29 is 19.1 Å². The van der Waals surface area contributed by atoms with E-state index in [1.165, 1.54) is 4.90 Å². The van der Waals surface area contributed by atoms with Crippen molar-refractivity contribution in [1.29, 1.82) is 0 Å². The Kier molecular flexibility index (Phi) is 4.95. The number of ether oxygens (including phenoxy) is 1. The number of hydrogen-bond donors (Lipinski definition) is 0. The highest BCUT2D eigenvalue weighted by Gasteiger charge is 2.66. The van der Waals surface area contributed by atoms with E-state index in [0.717, 1.165) is 6.42 Å². The first-order chi connectivity index (χ1) is 12.8. The third-order valence-corrected chi connectivity index (χ3v) is 9.10. The third kappa shape index (κ3) is 2.97. The van der Waals surface area contributed by atoms with Crippen molar-refractivity contribution in [3.8, 4) is 0 Å². The van der Waals surface area contributed by atoms with Crippen LogP contribution in [0.4, 0.5) is 5.69 Å². The number of carbonyl (C=O) groups is 3. The molecule has 27 heavy (non-hydrogen) atoms. The molecule has 0 spiro atoms. The molecule has 0 unspecified atom stereocenters. The molecule has 3 aliphatic rings. The van der Waals surface area contributed by atoms with Crippen LogP contribution in [0.15, 0.2) is 24.3 Å². The predicted octanol–water partition coefficient (Wildman–Crippen LogP) is 3.78. The largest absolute Gasteiger partial charge is 0.462 e. The van der Waals surface area contributed by atoms with Crippen molar-refractivity contribution in [3.63, 3.8) is 0 Å². The molecule has 7 heteroatoms. The van der Waals surface area contributed by atoms with Crippen LogP contribution in [0.3, 0.4) is 0 Å². The number of fused-ring (bicyclic) bond motifs is 5. The highest BCUT2D eigenvalue weighted by molar-refractivity contribution is 9.12. The fourth-order valence-electron chi connectivity index (χ4n) is 4.68. The van der Waals surface area contributed by atoms with Crippen LogP contribution < -0.4 is 4.90 Å². The second-order valence-corrected chi connectivity index (χ2v) is 10.2. The van der Waals surface area contributed by atoms with Crippen LogP contribution in [-0.2, 0) is 14.3 Å². The molecule has 1 aromatic rings. The molecule has 5 nitrogen and oxygen atoms in total. The van der Waals surface area contributed by atoms with Gasteiger partial charge >= 0.3 is 5.97 Å². The molecule has 2 saturated carbocycles. The Hall–Kier alpha value is -1.21. The lowest BCUT2D eigenvalue weighted by Crippen LogP contribution is -2.37. The van der Waals surface area contributed by atoms with Crippen LogP contribution >= 0.6 is 31.9 Å². The minimum atomic E-state index is -0.395. The zero-order valence-electron chi connectivity index (χ0n) is 15.1. The summed E-state index contributed by atoms with van der Waals surface area (Å²) >= 11 is 7.38. The fourth-order valence-corrected chi connectivity index (χ4v) is 6.55. The molecule has 0 radical (unpaired) electrons. The Morgan fingerprint density at radius 3 is 2.07 bits per heavy atom. The Morgan fingerprint density at radius 1 is 1.07 bits per heavy atom. The van der Waals surface area contributed by atoms with Gasteiger partial charge in [0.15, 0.2) is 0 Å². The van der Waals surface area contributed by atoms with Crippen LogP contribution in [0.2, 0.25) is 0 Å². The van der Waals surface area contributed by atoms with E-state index in [4.69, 9.17) is 4.74 Å². The van der Waals surface area contributed by atoms with Crippen molar-refractivity contribution in [2.45, 2.75) is 29.9 Å². The molecular formula is C20H21Br2NO4. The average molecular weight is 499 g/mol. The van der Waals surface area contributed by atoms with Gasteiger partial charge in [-0.3, -0.25) is 14.5 Å². The normalized spacial score (nSPS) is 34.5. The molecule has 144 valence electrons. The Labute approximate surface area is 175 Å². The molecule has 3 fully saturated rings. The van der Waals surface area contributed by atoms with Crippen LogP contribution in [0, 0.1) is 29.6 Å². The second-order valence-electron chi connectivity index (χ2n) is 8.05. The van der Waals surface area contributed by atoms with Crippen molar-refractivity contribution in [1.82, 2.24) is 0 Å². The maximum Gasteiger partial charge on any atom is 0.338 e. The van der Waals surface area contributed by atoms with Gasteiger partial charge in [0.1, 0.15) is 0 Å². The monoisotopic (exact) mass is 497 g/mol. The number of rotatable bonds is 4. The Balaban J connectivity index is 1.54. The number of imide groups is 1. The Morgan fingerprint density at radius 2 is 1.59 bits per heavy atom. The van der Waals surface area contributed by atoms with E-state index < -0.39 is 5.97 Å². The van der Waals surface area contributed by atoms with Crippen LogP contribution in [0.25, 0.3) is 0 Å². The summed E-state index contributed by atoms with van der Waals surface area (Å²) in [5.41, 5.74) is 0.941. The number of nitrogens with zero attached hydrogens (tertiary/aromatic N) is 1. The lowest BCUT2D eigenvalue weighted by atomic mass is 9.81. The van der Waals surface area contributed by atoms with Gasteiger partial charge < -0.3 is 4.74 Å². The summed E-state index contributed by atoms with van der Waals surface area (Å²) in [4.78, 5) is 39.8. The summed E-state index contributed by atoms with van der Waals surface area (Å²) in [5.74, 6) is -0.458. The first-order valence-electron chi connectivity index (χ1n) is 9.24. The van der Waals surface area contributed by atoms with E-state index in [-0.39, 0.29) is 51.1 Å². The summed E-state index contributed by atoms with van der Waals surface area (Å²) in [6.45, 7) is 4.30. The molecule has 0 N–H and O–H groups in total. The quantitative estimate of drug-likeness (QED) is 0.360. The highest BCUT2D eigenvalue weighted by Crippen LogP contribution is 2.60. The number of benzene rings is 1. The van der Waals surface area contributed by atoms with Crippen molar-refractivity contribution in [2.24, 2.45) is 29.6 Å². The topological polar surface area (TPSA) is 63.7 Å². The number of hydrogen-bond acceptors (Lipinski definition) is 4. The molecule has 2 bridgehead atoms. The van der Waals surface area contributed by atoms with Gasteiger partial charge in [-0.05, 0) is 48.4 Å². The van der Waals surface area contributed by atoms with Gasteiger partial charge in [-0.1, -0.05) is 45.7 Å². The minimum Gasteiger partial charge on any atom is -0.462 e. The van der Waals surface area contributed by atoms with E-state index in [9.17, 15) is 14.4 Å². The zero-order chi connectivity index (χ0) is 19.5. The third-order valence-electron chi connectivity index (χ3n) is 5.90. The maximum atomic E-state index is 13.0. The standard InChI is InChI=1S/C20H21Br2NO4/c1-9(2)8-27-20(26)10-3-5-11(6-4-10)23-18(24)14-12-7-13(15(14)19(23)25)17(22)16(12)21/h3-6,9,12-17H,7-8H2,1-2H3/t12-,13-,14-,15-,16+,17+/m1/s1. The molecular weight excluding hydrogens is 478 g/mol. The minimum absolute atomic E-state index is 0.114. The van der Waals surface area contributed by atoms with Crippen LogP contribution in [0.5, 0.6) is 0 Å². The smallest absolute Gasteiger partial charge is 0.338 e. The van der Waals surface area contributed by atoms with Gasteiger partial charge in [0, 0.05) is 9.65 Å². The number of esters is 1. The van der Waals surface area contributed by atoms with Gasteiger partial charge in [0.25, 0.3) is 0 Å². The highest BCUT2D eigenvalue weighted by atomic mass is 79.9. The lowest BCUT2D eigenvalue weighted by molar-refractivity contribution is -0.123. The van der Waals surface area contributed by atoms with Gasteiger partial charge in [-0.25, -0.2) is 4.79 Å². The van der Waals surface area contributed by atoms with Gasteiger partial charge in [0.05, 0.1) is 29.7 Å².